The fraction of sp³-hybridized carbons (Fsp3) is 0.571. The number of rotatable bonds is 2. The second kappa shape index (κ2) is 7.06. The number of aromatic nitrogens is 1. The summed E-state index contributed by atoms with van der Waals surface area (Å²) in [5, 5.41) is 0. The van der Waals surface area contributed by atoms with Gasteiger partial charge in [0.25, 0.3) is 0 Å². The summed E-state index contributed by atoms with van der Waals surface area (Å²) in [6.45, 7) is 3.93. The molecule has 2 aliphatic heterocycles. The maximum atomic E-state index is 12.1. The fourth-order valence-corrected chi connectivity index (χ4v) is 2.68. The van der Waals surface area contributed by atoms with Gasteiger partial charge in [-0.25, -0.2) is 4.98 Å². The fourth-order valence-electron chi connectivity index (χ4n) is 2.68. The molecule has 7 heteroatoms. The quantitative estimate of drug-likeness (QED) is 0.874. The van der Waals surface area contributed by atoms with Crippen molar-refractivity contribution in [2.75, 3.05) is 42.6 Å². The SMILES string of the molecule is Cl.NC1CCCN(c2ccc(N3CCOCC3)nc2)C1=O. The van der Waals surface area contributed by atoms with Crippen LogP contribution >= 0.6 is 12.4 Å². The molecule has 0 saturated carbocycles. The monoisotopic (exact) mass is 312 g/mol. The zero-order valence-corrected chi connectivity index (χ0v) is 12.7. The average Bonchev–Trinajstić information content (AvgIpc) is 2.51. The summed E-state index contributed by atoms with van der Waals surface area (Å²) in [7, 11) is 0. The van der Waals surface area contributed by atoms with Crippen LogP contribution in [0.1, 0.15) is 12.8 Å². The Morgan fingerprint density at radius 3 is 2.67 bits per heavy atom. The molecule has 3 heterocycles. The first-order valence-electron chi connectivity index (χ1n) is 7.11. The maximum Gasteiger partial charge on any atom is 0.243 e. The summed E-state index contributed by atoms with van der Waals surface area (Å²) in [6.07, 6.45) is 3.48. The van der Waals surface area contributed by atoms with E-state index >= 15 is 0 Å². The van der Waals surface area contributed by atoms with Crippen molar-refractivity contribution in [2.24, 2.45) is 5.73 Å². The number of hydrogen-bond acceptors (Lipinski definition) is 5. The van der Waals surface area contributed by atoms with E-state index < -0.39 is 0 Å². The number of hydrogen-bond donors (Lipinski definition) is 1. The van der Waals surface area contributed by atoms with E-state index in [0.29, 0.717) is 0 Å². The standard InChI is InChI=1S/C14H20N4O2.ClH/c15-12-2-1-5-18(14(12)19)11-3-4-13(16-10-11)17-6-8-20-9-7-17;/h3-4,10,12H,1-2,5-9,15H2;1H. The molecule has 2 N–H and O–H groups in total. The highest BCUT2D eigenvalue weighted by molar-refractivity contribution is 5.97. The Morgan fingerprint density at radius 2 is 2.00 bits per heavy atom. The number of morpholine rings is 1. The van der Waals surface area contributed by atoms with Crippen molar-refractivity contribution in [3.63, 3.8) is 0 Å². The minimum atomic E-state index is -0.373. The van der Waals surface area contributed by atoms with Gasteiger partial charge in [-0.15, -0.1) is 12.4 Å². The highest BCUT2D eigenvalue weighted by atomic mass is 35.5. The van der Waals surface area contributed by atoms with Gasteiger partial charge < -0.3 is 20.3 Å². The number of amides is 1. The van der Waals surface area contributed by atoms with Gasteiger partial charge >= 0.3 is 0 Å². The van der Waals surface area contributed by atoms with Crippen molar-refractivity contribution in [2.45, 2.75) is 18.9 Å². The third-order valence-electron chi connectivity index (χ3n) is 3.86. The van der Waals surface area contributed by atoms with E-state index in [9.17, 15) is 4.79 Å². The van der Waals surface area contributed by atoms with E-state index in [1.54, 1.807) is 11.1 Å². The molecule has 6 nitrogen and oxygen atoms in total. The highest BCUT2D eigenvalue weighted by Crippen LogP contribution is 2.22. The van der Waals surface area contributed by atoms with Gasteiger partial charge in [0.05, 0.1) is 31.1 Å². The second-order valence-corrected chi connectivity index (χ2v) is 5.21. The number of carbonyl (C=O) groups is 1. The van der Waals surface area contributed by atoms with Gasteiger partial charge in [0.15, 0.2) is 0 Å². The van der Waals surface area contributed by atoms with Crippen LogP contribution in [0.3, 0.4) is 0 Å². The normalized spacial score (nSPS) is 22.9. The van der Waals surface area contributed by atoms with Crippen molar-refractivity contribution in [1.82, 2.24) is 4.98 Å². The Bertz CT molecular complexity index is 476. The van der Waals surface area contributed by atoms with Crippen molar-refractivity contribution in [1.29, 1.82) is 0 Å². The van der Waals surface area contributed by atoms with Gasteiger partial charge in [-0.2, -0.15) is 0 Å². The molecule has 0 aliphatic carbocycles. The van der Waals surface area contributed by atoms with Gasteiger partial charge in [-0.05, 0) is 25.0 Å². The lowest BCUT2D eigenvalue weighted by Gasteiger charge is -2.31. The molecular formula is C14H21ClN4O2. The predicted molar refractivity (Wildman–Crippen MR) is 84.1 cm³/mol. The van der Waals surface area contributed by atoms with E-state index in [1.165, 1.54) is 0 Å². The average molecular weight is 313 g/mol. The summed E-state index contributed by atoms with van der Waals surface area (Å²) in [4.78, 5) is 20.5. The van der Waals surface area contributed by atoms with Crippen molar-refractivity contribution >= 4 is 29.8 Å². The van der Waals surface area contributed by atoms with Crippen LogP contribution in [0, 0.1) is 0 Å². The molecule has 1 aromatic rings. The van der Waals surface area contributed by atoms with Crippen molar-refractivity contribution in [3.8, 4) is 0 Å². The molecule has 0 radical (unpaired) electrons. The lowest BCUT2D eigenvalue weighted by atomic mass is 10.1. The van der Waals surface area contributed by atoms with Crippen LogP contribution in [0.2, 0.25) is 0 Å². The van der Waals surface area contributed by atoms with Crippen LogP contribution in [0.15, 0.2) is 18.3 Å². The van der Waals surface area contributed by atoms with E-state index in [0.717, 1.165) is 57.2 Å². The Hall–Kier alpha value is -1.37. The molecule has 0 spiro atoms. The Balaban J connectivity index is 0.00000161. The molecule has 1 atom stereocenters. The first-order chi connectivity index (χ1) is 9.75. The van der Waals surface area contributed by atoms with E-state index in [-0.39, 0.29) is 24.4 Å². The van der Waals surface area contributed by atoms with Crippen LogP contribution in [0.25, 0.3) is 0 Å². The summed E-state index contributed by atoms with van der Waals surface area (Å²) in [5.74, 6) is 0.933. The molecule has 1 unspecified atom stereocenters. The van der Waals surface area contributed by atoms with Crippen LogP contribution in [-0.4, -0.2) is 49.8 Å². The van der Waals surface area contributed by atoms with E-state index in [1.807, 2.05) is 12.1 Å². The number of halogens is 1. The lowest BCUT2D eigenvalue weighted by molar-refractivity contribution is -0.120. The molecule has 1 amide bonds. The molecule has 116 valence electrons. The van der Waals surface area contributed by atoms with Crippen LogP contribution in [-0.2, 0) is 9.53 Å². The molecule has 2 aliphatic rings. The number of anilines is 2. The Labute approximate surface area is 130 Å². The number of carbonyl (C=O) groups excluding carboxylic acids is 1. The smallest absolute Gasteiger partial charge is 0.243 e. The second-order valence-electron chi connectivity index (χ2n) is 5.21. The van der Waals surface area contributed by atoms with E-state index in [2.05, 4.69) is 9.88 Å². The van der Waals surface area contributed by atoms with Crippen molar-refractivity contribution in [3.05, 3.63) is 18.3 Å². The van der Waals surface area contributed by atoms with Crippen LogP contribution in [0.4, 0.5) is 11.5 Å². The molecule has 1 aromatic heterocycles. The zero-order chi connectivity index (χ0) is 13.9. The highest BCUT2D eigenvalue weighted by Gasteiger charge is 2.27. The molecule has 2 fully saturated rings. The number of ether oxygens (including phenoxy) is 1. The lowest BCUT2D eigenvalue weighted by Crippen LogP contribution is -2.48. The molecule has 21 heavy (non-hydrogen) atoms. The van der Waals surface area contributed by atoms with Crippen LogP contribution < -0.4 is 15.5 Å². The summed E-state index contributed by atoms with van der Waals surface area (Å²) >= 11 is 0. The van der Waals surface area contributed by atoms with Gasteiger partial charge in [0, 0.05) is 19.6 Å². The molecule has 0 bridgehead atoms. The predicted octanol–water partition coefficient (Wildman–Crippen LogP) is 0.794. The summed E-state index contributed by atoms with van der Waals surface area (Å²) < 4.78 is 5.33. The first-order valence-corrected chi connectivity index (χ1v) is 7.11. The van der Waals surface area contributed by atoms with E-state index in [4.69, 9.17) is 10.5 Å². The molecule has 0 aromatic carbocycles. The number of pyridine rings is 1. The van der Waals surface area contributed by atoms with Gasteiger partial charge in [0.1, 0.15) is 5.82 Å². The Morgan fingerprint density at radius 1 is 1.24 bits per heavy atom. The number of piperidine rings is 1. The van der Waals surface area contributed by atoms with Gasteiger partial charge in [-0.3, -0.25) is 4.79 Å². The molecule has 2 saturated heterocycles. The molecular weight excluding hydrogens is 292 g/mol. The van der Waals surface area contributed by atoms with Gasteiger partial charge in [0.2, 0.25) is 5.91 Å². The summed E-state index contributed by atoms with van der Waals surface area (Å²) in [6, 6.07) is 3.55. The number of nitrogens with zero attached hydrogens (tertiary/aromatic N) is 3. The topological polar surface area (TPSA) is 71.7 Å². The third-order valence-corrected chi connectivity index (χ3v) is 3.86. The first kappa shape index (κ1) is 16.0. The minimum absolute atomic E-state index is 0. The van der Waals surface area contributed by atoms with Crippen LogP contribution in [0.5, 0.6) is 0 Å². The van der Waals surface area contributed by atoms with Gasteiger partial charge in [-0.1, -0.05) is 0 Å². The minimum Gasteiger partial charge on any atom is -0.378 e. The Kier molecular flexibility index (Phi) is 5.39. The maximum absolute atomic E-state index is 12.1. The zero-order valence-electron chi connectivity index (χ0n) is 11.9. The third kappa shape index (κ3) is 3.45. The largest absolute Gasteiger partial charge is 0.378 e. The molecule has 3 rings (SSSR count). The summed E-state index contributed by atoms with van der Waals surface area (Å²) in [5.41, 5.74) is 6.65. The van der Waals surface area contributed by atoms with Crippen molar-refractivity contribution < 1.29 is 9.53 Å². The number of nitrogens with two attached hydrogens (primary N) is 1.